The van der Waals surface area contributed by atoms with Gasteiger partial charge >= 0.3 is 74.3 Å². The third-order valence-corrected chi connectivity index (χ3v) is 3.88. The van der Waals surface area contributed by atoms with Crippen molar-refractivity contribution in [1.29, 1.82) is 0 Å². The SMILES string of the molecule is C1=Cc2ccccc2C1.[Zr][c]1cc2ccccc2[nH]1. The van der Waals surface area contributed by atoms with Gasteiger partial charge in [-0.25, -0.2) is 0 Å². The van der Waals surface area contributed by atoms with E-state index in [2.05, 4.69) is 65.7 Å². The van der Waals surface area contributed by atoms with Crippen LogP contribution in [0, 0.1) is 0 Å². The average Bonchev–Trinajstić information content (AvgIpc) is 3.03. The summed E-state index contributed by atoms with van der Waals surface area (Å²) in [6, 6.07) is 19.0. The molecule has 0 unspecified atom stereocenters. The first-order chi connectivity index (χ1) is 9.33. The van der Waals surface area contributed by atoms with Crippen LogP contribution >= 0.6 is 0 Å². The third kappa shape index (κ3) is 2.96. The van der Waals surface area contributed by atoms with Gasteiger partial charge in [-0.1, -0.05) is 36.4 Å². The normalized spacial score (nSPS) is 11.9. The van der Waals surface area contributed by atoms with Gasteiger partial charge in [0.2, 0.25) is 0 Å². The molecule has 0 atom stereocenters. The standard InChI is InChI=1S/C9H8.C8H6N.Zr/c1-2-5-9-7-3-6-8(9)4-1;1-2-4-8-7(3-1)5-6-9-8;/h1-6H,7H2;1-5,9H;. The number of H-pyrrole nitrogens is 1. The number of aromatic nitrogens is 1. The summed E-state index contributed by atoms with van der Waals surface area (Å²) in [5.41, 5.74) is 4.09. The Morgan fingerprint density at radius 3 is 2.58 bits per heavy atom. The van der Waals surface area contributed by atoms with Crippen molar-refractivity contribution >= 4 is 20.4 Å². The Morgan fingerprint density at radius 2 is 1.74 bits per heavy atom. The fourth-order valence-electron chi connectivity index (χ4n) is 2.27. The van der Waals surface area contributed by atoms with Crippen LogP contribution in [0.1, 0.15) is 11.1 Å². The maximum atomic E-state index is 3.30. The molecule has 1 aliphatic rings. The van der Waals surface area contributed by atoms with E-state index in [9.17, 15) is 0 Å². The van der Waals surface area contributed by atoms with E-state index < -0.39 is 0 Å². The van der Waals surface area contributed by atoms with Crippen molar-refractivity contribution in [1.82, 2.24) is 4.98 Å². The minimum absolute atomic E-state index is 1.12. The zero-order valence-corrected chi connectivity index (χ0v) is 13.0. The molecule has 4 rings (SSSR count). The molecule has 3 aromatic rings. The number of hydrogen-bond donors (Lipinski definition) is 1. The molecule has 19 heavy (non-hydrogen) atoms. The zero-order chi connectivity index (χ0) is 13.1. The molecule has 0 radical (unpaired) electrons. The fraction of sp³-hybridized carbons (Fsp3) is 0.0588. The number of para-hydroxylation sites is 1. The van der Waals surface area contributed by atoms with Gasteiger partial charge in [0.15, 0.2) is 0 Å². The van der Waals surface area contributed by atoms with Gasteiger partial charge in [0, 0.05) is 0 Å². The Labute approximate surface area is 128 Å². The quantitative estimate of drug-likeness (QED) is 0.651. The monoisotopic (exact) mass is 322 g/mol. The van der Waals surface area contributed by atoms with E-state index in [0.29, 0.717) is 0 Å². The molecule has 0 bridgehead atoms. The van der Waals surface area contributed by atoms with Crippen molar-refractivity contribution in [3.63, 3.8) is 0 Å². The van der Waals surface area contributed by atoms with Crippen molar-refractivity contribution in [2.45, 2.75) is 6.42 Å². The van der Waals surface area contributed by atoms with Gasteiger partial charge in [-0.15, -0.1) is 0 Å². The van der Waals surface area contributed by atoms with Gasteiger partial charge in [-0.2, -0.15) is 0 Å². The summed E-state index contributed by atoms with van der Waals surface area (Å²) in [6.45, 7) is 0. The molecule has 91 valence electrons. The number of hydrogen-bond acceptors (Lipinski definition) is 0. The Morgan fingerprint density at radius 1 is 0.947 bits per heavy atom. The molecule has 1 aromatic heterocycles. The molecule has 1 heterocycles. The van der Waals surface area contributed by atoms with Gasteiger partial charge < -0.3 is 0 Å². The molecule has 1 aliphatic carbocycles. The van der Waals surface area contributed by atoms with Gasteiger partial charge in [0.25, 0.3) is 0 Å². The molecule has 0 fully saturated rings. The Hall–Kier alpha value is -1.40. The predicted octanol–water partition coefficient (Wildman–Crippen LogP) is 3.60. The van der Waals surface area contributed by atoms with Crippen LogP contribution in [-0.2, 0) is 31.1 Å². The van der Waals surface area contributed by atoms with E-state index in [1.54, 1.807) is 0 Å². The van der Waals surface area contributed by atoms with E-state index in [0.717, 1.165) is 6.42 Å². The van der Waals surface area contributed by atoms with E-state index >= 15 is 0 Å². The van der Waals surface area contributed by atoms with Gasteiger partial charge in [0.05, 0.1) is 0 Å². The van der Waals surface area contributed by atoms with Crippen LogP contribution in [0.2, 0.25) is 0 Å². The van der Waals surface area contributed by atoms with E-state index in [-0.39, 0.29) is 0 Å². The number of benzene rings is 2. The second-order valence-corrected chi connectivity index (χ2v) is 5.90. The van der Waals surface area contributed by atoms with E-state index in [1.165, 1.54) is 50.2 Å². The van der Waals surface area contributed by atoms with Crippen molar-refractivity contribution < 1.29 is 24.7 Å². The summed E-state index contributed by atoms with van der Waals surface area (Å²) in [5, 5.41) is 1.31. The van der Waals surface area contributed by atoms with Crippen LogP contribution < -0.4 is 3.40 Å². The average molecular weight is 324 g/mol. The first-order valence-corrected chi connectivity index (χ1v) is 7.59. The van der Waals surface area contributed by atoms with Crippen molar-refractivity contribution in [2.75, 3.05) is 0 Å². The first-order valence-electron chi connectivity index (χ1n) is 6.37. The van der Waals surface area contributed by atoms with Crippen LogP contribution in [-0.4, -0.2) is 4.98 Å². The second kappa shape index (κ2) is 5.71. The topological polar surface area (TPSA) is 15.8 Å². The van der Waals surface area contributed by atoms with Crippen LogP contribution in [0.25, 0.3) is 17.0 Å². The predicted molar refractivity (Wildman–Crippen MR) is 77.1 cm³/mol. The van der Waals surface area contributed by atoms with Gasteiger partial charge in [-0.05, 0) is 17.5 Å². The molecule has 0 spiro atoms. The summed E-state index contributed by atoms with van der Waals surface area (Å²) >= 11 is 1.45. The minimum atomic E-state index is 1.12. The molecular formula is C17H14NZr. The van der Waals surface area contributed by atoms with Crippen LogP contribution in [0.15, 0.2) is 60.7 Å². The number of nitrogens with one attached hydrogen (secondary N) is 1. The molecule has 1 nitrogen and oxygen atoms in total. The number of aromatic amines is 1. The third-order valence-electron chi connectivity index (χ3n) is 3.22. The maximum absolute atomic E-state index is 3.30. The van der Waals surface area contributed by atoms with E-state index in [4.69, 9.17) is 0 Å². The van der Waals surface area contributed by atoms with Crippen LogP contribution in [0.5, 0.6) is 0 Å². The molecule has 1 N–H and O–H groups in total. The van der Waals surface area contributed by atoms with Crippen molar-refractivity contribution in [3.8, 4) is 0 Å². The molecule has 2 aromatic carbocycles. The Bertz CT molecular complexity index is 692. The molecule has 2 heteroatoms. The number of allylic oxidation sites excluding steroid dienone is 1. The summed E-state index contributed by atoms with van der Waals surface area (Å²) in [6.07, 6.45) is 5.50. The van der Waals surface area contributed by atoms with Crippen LogP contribution in [0.4, 0.5) is 0 Å². The summed E-state index contributed by atoms with van der Waals surface area (Å²) < 4.78 is 1.31. The number of fused-ring (bicyclic) bond motifs is 2. The zero-order valence-electron chi connectivity index (χ0n) is 10.6. The molecule has 0 saturated heterocycles. The molecular weight excluding hydrogens is 309 g/mol. The van der Waals surface area contributed by atoms with Crippen molar-refractivity contribution in [3.05, 3.63) is 71.8 Å². The summed E-state index contributed by atoms with van der Waals surface area (Å²) in [5.74, 6) is 0. The Kier molecular flexibility index (Phi) is 3.80. The molecule has 0 aliphatic heterocycles. The second-order valence-electron chi connectivity index (χ2n) is 4.58. The number of rotatable bonds is 0. The molecule has 0 amide bonds. The summed E-state index contributed by atoms with van der Waals surface area (Å²) in [4.78, 5) is 3.30. The van der Waals surface area contributed by atoms with E-state index in [1.807, 2.05) is 6.07 Å². The van der Waals surface area contributed by atoms with Gasteiger partial charge in [0.1, 0.15) is 0 Å². The molecule has 0 saturated carbocycles. The first kappa shape index (κ1) is 12.6. The van der Waals surface area contributed by atoms with Crippen molar-refractivity contribution in [2.24, 2.45) is 0 Å². The Balaban J connectivity index is 0.000000117. The summed E-state index contributed by atoms with van der Waals surface area (Å²) in [7, 11) is 0. The van der Waals surface area contributed by atoms with Crippen LogP contribution in [0.3, 0.4) is 0 Å². The van der Waals surface area contributed by atoms with Gasteiger partial charge in [-0.3, -0.25) is 0 Å². The fourth-order valence-corrected chi connectivity index (χ4v) is 2.98.